The minimum absolute atomic E-state index is 0.202. The third-order valence-corrected chi connectivity index (χ3v) is 3.14. The Morgan fingerprint density at radius 1 is 1.33 bits per heavy atom. The average Bonchev–Trinajstić information content (AvgIpc) is 2.36. The van der Waals surface area contributed by atoms with E-state index in [9.17, 15) is 4.79 Å². The molecule has 1 heterocycles. The predicted molar refractivity (Wildman–Crippen MR) is 74.3 cm³/mol. The first kappa shape index (κ1) is 14.9. The van der Waals surface area contributed by atoms with Crippen molar-refractivity contribution in [2.24, 2.45) is 0 Å². The maximum absolute atomic E-state index is 11.0. The molecule has 0 aliphatic carbocycles. The first-order valence-electron chi connectivity index (χ1n) is 6.45. The van der Waals surface area contributed by atoms with Gasteiger partial charge in [-0.2, -0.15) is 0 Å². The zero-order chi connectivity index (χ0) is 13.4. The lowest BCUT2D eigenvalue weighted by molar-refractivity contribution is 0.112. The summed E-state index contributed by atoms with van der Waals surface area (Å²) in [6.07, 6.45) is 7.62. The summed E-state index contributed by atoms with van der Waals surface area (Å²) >= 11 is 5.87. The highest BCUT2D eigenvalue weighted by atomic mass is 35.5. The van der Waals surface area contributed by atoms with Crippen molar-refractivity contribution in [2.75, 3.05) is 5.32 Å². The molecule has 0 bridgehead atoms. The quantitative estimate of drug-likeness (QED) is 0.577. The Hall–Kier alpha value is -1.16. The number of halogens is 1. The summed E-state index contributed by atoms with van der Waals surface area (Å²) < 4.78 is 0. The molecule has 0 aliphatic heterocycles. The van der Waals surface area contributed by atoms with E-state index < -0.39 is 0 Å². The molecule has 0 amide bonds. The van der Waals surface area contributed by atoms with Crippen molar-refractivity contribution < 1.29 is 4.79 Å². The van der Waals surface area contributed by atoms with Crippen molar-refractivity contribution in [3.05, 3.63) is 17.0 Å². The highest BCUT2D eigenvalue weighted by Crippen LogP contribution is 2.20. The molecule has 0 aliphatic rings. The summed E-state index contributed by atoms with van der Waals surface area (Å²) in [5.41, 5.74) is 0.344. The molecular formula is C13H20ClN3O. The van der Waals surface area contributed by atoms with E-state index in [4.69, 9.17) is 11.6 Å². The van der Waals surface area contributed by atoms with Gasteiger partial charge >= 0.3 is 0 Å². The molecular weight excluding hydrogens is 250 g/mol. The van der Waals surface area contributed by atoms with E-state index in [0.29, 0.717) is 23.7 Å². The van der Waals surface area contributed by atoms with Crippen LogP contribution in [-0.4, -0.2) is 22.3 Å². The van der Waals surface area contributed by atoms with Crippen LogP contribution in [0.15, 0.2) is 6.33 Å². The highest BCUT2D eigenvalue weighted by Gasteiger charge is 2.13. The Labute approximate surface area is 113 Å². The molecule has 1 atom stereocenters. The van der Waals surface area contributed by atoms with Gasteiger partial charge in [-0.1, -0.05) is 44.7 Å². The fraction of sp³-hybridized carbons (Fsp3) is 0.615. The number of nitrogens with zero attached hydrogens (tertiary/aromatic N) is 2. The van der Waals surface area contributed by atoms with Crippen LogP contribution in [0.3, 0.4) is 0 Å². The number of hydrogen-bond donors (Lipinski definition) is 1. The van der Waals surface area contributed by atoms with Crippen molar-refractivity contribution in [1.29, 1.82) is 0 Å². The summed E-state index contributed by atoms with van der Waals surface area (Å²) in [5.74, 6) is 0.541. The molecule has 0 spiro atoms. The summed E-state index contributed by atoms with van der Waals surface area (Å²) in [5, 5.41) is 3.51. The summed E-state index contributed by atoms with van der Waals surface area (Å²) in [6, 6.07) is 0.333. The summed E-state index contributed by atoms with van der Waals surface area (Å²) in [6.45, 7) is 4.32. The number of hydrogen-bond acceptors (Lipinski definition) is 4. The molecule has 1 aromatic heterocycles. The molecule has 1 rings (SSSR count). The van der Waals surface area contributed by atoms with Gasteiger partial charge in [0.15, 0.2) is 6.29 Å². The lowest BCUT2D eigenvalue weighted by Crippen LogP contribution is -2.21. The van der Waals surface area contributed by atoms with Crippen LogP contribution in [0.25, 0.3) is 0 Å². The minimum atomic E-state index is 0.202. The highest BCUT2D eigenvalue weighted by molar-refractivity contribution is 6.32. The van der Waals surface area contributed by atoms with Crippen LogP contribution < -0.4 is 5.32 Å². The molecule has 1 aromatic rings. The normalized spacial score (nSPS) is 12.2. The van der Waals surface area contributed by atoms with Gasteiger partial charge in [-0.15, -0.1) is 0 Å². The topological polar surface area (TPSA) is 54.9 Å². The average molecular weight is 270 g/mol. The molecule has 0 radical (unpaired) electrons. The van der Waals surface area contributed by atoms with Gasteiger partial charge in [0, 0.05) is 6.04 Å². The Morgan fingerprint density at radius 3 is 2.72 bits per heavy atom. The lowest BCUT2D eigenvalue weighted by atomic mass is 10.1. The molecule has 18 heavy (non-hydrogen) atoms. The molecule has 1 N–H and O–H groups in total. The number of unbranched alkanes of at least 4 members (excludes halogenated alkanes) is 1. The van der Waals surface area contributed by atoms with Crippen LogP contribution in [0, 0.1) is 0 Å². The van der Waals surface area contributed by atoms with Crippen molar-refractivity contribution in [2.45, 2.75) is 52.0 Å². The molecule has 4 nitrogen and oxygen atoms in total. The van der Waals surface area contributed by atoms with E-state index in [1.165, 1.54) is 6.33 Å². The van der Waals surface area contributed by atoms with Crippen LogP contribution in [0.1, 0.15) is 56.3 Å². The number of anilines is 1. The largest absolute Gasteiger partial charge is 0.367 e. The maximum atomic E-state index is 11.0. The van der Waals surface area contributed by atoms with Gasteiger partial charge in [-0.25, -0.2) is 9.97 Å². The smallest absolute Gasteiger partial charge is 0.156 e. The monoisotopic (exact) mass is 269 g/mol. The van der Waals surface area contributed by atoms with Gasteiger partial charge in [-0.3, -0.25) is 4.79 Å². The van der Waals surface area contributed by atoms with Gasteiger partial charge in [0.2, 0.25) is 0 Å². The fourth-order valence-electron chi connectivity index (χ4n) is 1.87. The molecule has 0 aromatic carbocycles. The van der Waals surface area contributed by atoms with E-state index in [2.05, 4.69) is 29.1 Å². The molecule has 1 unspecified atom stereocenters. The van der Waals surface area contributed by atoms with E-state index in [-0.39, 0.29) is 5.15 Å². The van der Waals surface area contributed by atoms with E-state index in [0.717, 1.165) is 32.1 Å². The van der Waals surface area contributed by atoms with E-state index in [1.54, 1.807) is 0 Å². The van der Waals surface area contributed by atoms with Crippen molar-refractivity contribution in [3.63, 3.8) is 0 Å². The van der Waals surface area contributed by atoms with Gasteiger partial charge in [0.25, 0.3) is 0 Å². The van der Waals surface area contributed by atoms with Gasteiger partial charge in [-0.05, 0) is 12.8 Å². The standard InChI is InChI=1S/C13H20ClN3O/c1-3-5-7-10(6-4-2)17-13-11(8-18)12(14)15-9-16-13/h8-10H,3-7H2,1-2H3,(H,15,16,17). The SMILES string of the molecule is CCCCC(CCC)Nc1ncnc(Cl)c1C=O. The molecule has 0 fully saturated rings. The second kappa shape index (κ2) is 8.03. The Bertz CT molecular complexity index is 384. The minimum Gasteiger partial charge on any atom is -0.367 e. The van der Waals surface area contributed by atoms with Crippen LogP contribution in [-0.2, 0) is 0 Å². The number of rotatable bonds is 8. The Balaban J connectivity index is 2.79. The van der Waals surface area contributed by atoms with Crippen molar-refractivity contribution in [1.82, 2.24) is 9.97 Å². The first-order chi connectivity index (χ1) is 8.72. The maximum Gasteiger partial charge on any atom is 0.156 e. The number of carbonyl (C=O) groups is 1. The van der Waals surface area contributed by atoms with Gasteiger partial charge < -0.3 is 5.32 Å². The lowest BCUT2D eigenvalue weighted by Gasteiger charge is -2.19. The number of carbonyl (C=O) groups excluding carboxylic acids is 1. The second-order valence-corrected chi connectivity index (χ2v) is 4.67. The van der Waals surface area contributed by atoms with E-state index >= 15 is 0 Å². The third kappa shape index (κ3) is 4.26. The van der Waals surface area contributed by atoms with Crippen molar-refractivity contribution in [3.8, 4) is 0 Å². The number of nitrogens with one attached hydrogen (secondary N) is 1. The van der Waals surface area contributed by atoms with Crippen molar-refractivity contribution >= 4 is 23.7 Å². The zero-order valence-electron chi connectivity index (χ0n) is 10.9. The van der Waals surface area contributed by atoms with Gasteiger partial charge in [0.05, 0.1) is 5.56 Å². The second-order valence-electron chi connectivity index (χ2n) is 4.32. The van der Waals surface area contributed by atoms with Gasteiger partial charge in [0.1, 0.15) is 17.3 Å². The number of aldehydes is 1. The third-order valence-electron chi connectivity index (χ3n) is 2.84. The van der Waals surface area contributed by atoms with Crippen LogP contribution >= 0.6 is 11.6 Å². The predicted octanol–water partition coefficient (Wildman–Crippen LogP) is 3.71. The molecule has 0 saturated heterocycles. The summed E-state index contributed by atoms with van der Waals surface area (Å²) in [4.78, 5) is 18.9. The Kier molecular flexibility index (Phi) is 6.65. The van der Waals surface area contributed by atoms with Crippen LogP contribution in [0.2, 0.25) is 5.15 Å². The molecule has 5 heteroatoms. The number of aromatic nitrogens is 2. The fourth-order valence-corrected chi connectivity index (χ4v) is 2.05. The van der Waals surface area contributed by atoms with E-state index in [1.807, 2.05) is 0 Å². The molecule has 100 valence electrons. The zero-order valence-corrected chi connectivity index (χ0v) is 11.7. The Morgan fingerprint density at radius 2 is 2.11 bits per heavy atom. The summed E-state index contributed by atoms with van der Waals surface area (Å²) in [7, 11) is 0. The molecule has 0 saturated carbocycles. The van der Waals surface area contributed by atoms with Crippen LogP contribution in [0.5, 0.6) is 0 Å². The van der Waals surface area contributed by atoms with Crippen LogP contribution in [0.4, 0.5) is 5.82 Å². The first-order valence-corrected chi connectivity index (χ1v) is 6.82.